The molecule has 6 heteroatoms. The molecule has 1 aliphatic heterocycles. The van der Waals surface area contributed by atoms with Gasteiger partial charge in [0.15, 0.2) is 0 Å². The number of anilines is 3. The van der Waals surface area contributed by atoms with Crippen LogP contribution >= 0.6 is 0 Å². The van der Waals surface area contributed by atoms with E-state index in [0.29, 0.717) is 11.5 Å². The SMILES string of the molecule is CN(C)c1ccc(Nc2ncc(C(=O)N3CCCCC3)cn2)cc1. The van der Waals surface area contributed by atoms with Gasteiger partial charge in [0, 0.05) is 51.0 Å². The maximum Gasteiger partial charge on any atom is 0.256 e. The zero-order valence-electron chi connectivity index (χ0n) is 14.2. The fourth-order valence-corrected chi connectivity index (χ4v) is 2.75. The van der Waals surface area contributed by atoms with Crippen molar-refractivity contribution in [3.05, 3.63) is 42.2 Å². The van der Waals surface area contributed by atoms with Crippen LogP contribution in [0.1, 0.15) is 29.6 Å². The first-order chi connectivity index (χ1) is 11.6. The molecular formula is C18H23N5O. The van der Waals surface area contributed by atoms with Gasteiger partial charge in [-0.1, -0.05) is 0 Å². The minimum Gasteiger partial charge on any atom is -0.378 e. The van der Waals surface area contributed by atoms with Gasteiger partial charge in [-0.2, -0.15) is 0 Å². The van der Waals surface area contributed by atoms with E-state index in [4.69, 9.17) is 0 Å². The van der Waals surface area contributed by atoms with E-state index in [2.05, 4.69) is 15.3 Å². The summed E-state index contributed by atoms with van der Waals surface area (Å²) in [5.41, 5.74) is 2.59. The molecule has 1 aromatic heterocycles. The summed E-state index contributed by atoms with van der Waals surface area (Å²) in [5, 5.41) is 3.15. The molecular weight excluding hydrogens is 302 g/mol. The quantitative estimate of drug-likeness (QED) is 0.936. The standard InChI is InChI=1S/C18H23N5O/c1-22(2)16-8-6-15(7-9-16)21-18-19-12-14(13-20-18)17(24)23-10-4-3-5-11-23/h6-9,12-13H,3-5,10-11H2,1-2H3,(H,19,20,21). The molecule has 126 valence electrons. The average molecular weight is 325 g/mol. The summed E-state index contributed by atoms with van der Waals surface area (Å²) >= 11 is 0. The molecule has 24 heavy (non-hydrogen) atoms. The Morgan fingerprint density at radius 1 is 1.04 bits per heavy atom. The largest absolute Gasteiger partial charge is 0.378 e. The van der Waals surface area contributed by atoms with E-state index in [1.54, 1.807) is 12.4 Å². The number of hydrogen-bond donors (Lipinski definition) is 1. The van der Waals surface area contributed by atoms with E-state index in [1.165, 1.54) is 6.42 Å². The van der Waals surface area contributed by atoms with Crippen LogP contribution in [-0.4, -0.2) is 48.0 Å². The fraction of sp³-hybridized carbons (Fsp3) is 0.389. The summed E-state index contributed by atoms with van der Waals surface area (Å²) in [6.07, 6.45) is 6.56. The zero-order chi connectivity index (χ0) is 16.9. The van der Waals surface area contributed by atoms with Gasteiger partial charge in [-0.25, -0.2) is 9.97 Å². The van der Waals surface area contributed by atoms with Crippen LogP contribution in [0.25, 0.3) is 0 Å². The van der Waals surface area contributed by atoms with E-state index >= 15 is 0 Å². The Labute approximate surface area is 142 Å². The maximum absolute atomic E-state index is 12.4. The highest BCUT2D eigenvalue weighted by atomic mass is 16.2. The van der Waals surface area contributed by atoms with Crippen LogP contribution in [0, 0.1) is 0 Å². The lowest BCUT2D eigenvalue weighted by Crippen LogP contribution is -2.35. The Morgan fingerprint density at radius 3 is 2.25 bits per heavy atom. The van der Waals surface area contributed by atoms with Crippen LogP contribution in [0.3, 0.4) is 0 Å². The normalized spacial score (nSPS) is 14.3. The average Bonchev–Trinajstić information content (AvgIpc) is 2.63. The summed E-state index contributed by atoms with van der Waals surface area (Å²) in [6.45, 7) is 1.66. The number of carbonyl (C=O) groups excluding carboxylic acids is 1. The highest BCUT2D eigenvalue weighted by Crippen LogP contribution is 2.18. The third kappa shape index (κ3) is 3.82. The number of aromatic nitrogens is 2. The molecule has 0 saturated carbocycles. The van der Waals surface area contributed by atoms with Gasteiger partial charge in [0.05, 0.1) is 5.56 Å². The first-order valence-corrected chi connectivity index (χ1v) is 8.29. The van der Waals surface area contributed by atoms with Crippen molar-refractivity contribution in [1.29, 1.82) is 0 Å². The van der Waals surface area contributed by atoms with Gasteiger partial charge in [0.1, 0.15) is 0 Å². The van der Waals surface area contributed by atoms with E-state index in [0.717, 1.165) is 37.3 Å². The van der Waals surface area contributed by atoms with Crippen LogP contribution in [0.5, 0.6) is 0 Å². The monoisotopic (exact) mass is 325 g/mol. The van der Waals surface area contributed by atoms with E-state index in [-0.39, 0.29) is 5.91 Å². The Hall–Kier alpha value is -2.63. The second-order valence-corrected chi connectivity index (χ2v) is 6.21. The molecule has 6 nitrogen and oxygen atoms in total. The first-order valence-electron chi connectivity index (χ1n) is 8.29. The molecule has 1 aromatic carbocycles. The van der Waals surface area contributed by atoms with Gasteiger partial charge >= 0.3 is 0 Å². The zero-order valence-corrected chi connectivity index (χ0v) is 14.2. The molecule has 1 N–H and O–H groups in total. The second kappa shape index (κ2) is 7.29. The lowest BCUT2D eigenvalue weighted by molar-refractivity contribution is 0.0723. The minimum atomic E-state index is 0.0246. The molecule has 0 spiro atoms. The molecule has 0 unspecified atom stereocenters. The van der Waals surface area contributed by atoms with Gasteiger partial charge in [-0.05, 0) is 43.5 Å². The van der Waals surface area contributed by atoms with Gasteiger partial charge in [0.25, 0.3) is 5.91 Å². The van der Waals surface area contributed by atoms with Crippen molar-refractivity contribution in [2.24, 2.45) is 0 Å². The number of amides is 1. The molecule has 0 atom stereocenters. The maximum atomic E-state index is 12.4. The smallest absolute Gasteiger partial charge is 0.256 e. The minimum absolute atomic E-state index is 0.0246. The van der Waals surface area contributed by atoms with Crippen molar-refractivity contribution in [2.75, 3.05) is 37.4 Å². The molecule has 0 radical (unpaired) electrons. The van der Waals surface area contributed by atoms with Gasteiger partial charge in [-0.15, -0.1) is 0 Å². The van der Waals surface area contributed by atoms with Crippen LogP contribution in [-0.2, 0) is 0 Å². The van der Waals surface area contributed by atoms with Crippen molar-refractivity contribution in [2.45, 2.75) is 19.3 Å². The van der Waals surface area contributed by atoms with Gasteiger partial charge in [-0.3, -0.25) is 4.79 Å². The van der Waals surface area contributed by atoms with Crippen LogP contribution in [0.15, 0.2) is 36.7 Å². The number of benzene rings is 1. The Morgan fingerprint density at radius 2 is 1.67 bits per heavy atom. The Kier molecular flexibility index (Phi) is 4.93. The molecule has 1 saturated heterocycles. The molecule has 0 bridgehead atoms. The van der Waals surface area contributed by atoms with Crippen LogP contribution in [0.2, 0.25) is 0 Å². The number of hydrogen-bond acceptors (Lipinski definition) is 5. The molecule has 2 heterocycles. The van der Waals surface area contributed by atoms with E-state index in [9.17, 15) is 4.79 Å². The van der Waals surface area contributed by atoms with Gasteiger partial charge < -0.3 is 15.1 Å². The summed E-state index contributed by atoms with van der Waals surface area (Å²) in [5.74, 6) is 0.513. The number of nitrogens with one attached hydrogen (secondary N) is 1. The number of nitrogens with zero attached hydrogens (tertiary/aromatic N) is 4. The third-order valence-electron chi connectivity index (χ3n) is 4.18. The highest BCUT2D eigenvalue weighted by Gasteiger charge is 2.18. The molecule has 1 amide bonds. The highest BCUT2D eigenvalue weighted by molar-refractivity contribution is 5.93. The van der Waals surface area contributed by atoms with Crippen molar-refractivity contribution >= 4 is 23.2 Å². The first kappa shape index (κ1) is 16.2. The van der Waals surface area contributed by atoms with Crippen molar-refractivity contribution < 1.29 is 4.79 Å². The van der Waals surface area contributed by atoms with E-state index < -0.39 is 0 Å². The summed E-state index contributed by atoms with van der Waals surface area (Å²) in [4.78, 5) is 24.9. The molecule has 1 aliphatic rings. The predicted molar refractivity (Wildman–Crippen MR) is 95.8 cm³/mol. The van der Waals surface area contributed by atoms with Crippen molar-refractivity contribution in [3.63, 3.8) is 0 Å². The lowest BCUT2D eigenvalue weighted by atomic mass is 10.1. The number of carbonyl (C=O) groups is 1. The molecule has 2 aromatic rings. The molecule has 0 aliphatic carbocycles. The van der Waals surface area contributed by atoms with Crippen molar-refractivity contribution in [1.82, 2.24) is 14.9 Å². The predicted octanol–water partition coefficient (Wildman–Crippen LogP) is 2.91. The summed E-state index contributed by atoms with van der Waals surface area (Å²) in [6, 6.07) is 8.00. The van der Waals surface area contributed by atoms with Crippen LogP contribution < -0.4 is 10.2 Å². The Balaban J connectivity index is 1.64. The van der Waals surface area contributed by atoms with Crippen LogP contribution in [0.4, 0.5) is 17.3 Å². The second-order valence-electron chi connectivity index (χ2n) is 6.21. The van der Waals surface area contributed by atoms with E-state index in [1.807, 2.05) is 48.2 Å². The van der Waals surface area contributed by atoms with Crippen molar-refractivity contribution in [3.8, 4) is 0 Å². The number of rotatable bonds is 4. The third-order valence-corrected chi connectivity index (χ3v) is 4.18. The lowest BCUT2D eigenvalue weighted by Gasteiger charge is -2.26. The number of likely N-dealkylation sites (tertiary alicyclic amines) is 1. The summed E-state index contributed by atoms with van der Waals surface area (Å²) < 4.78 is 0. The topological polar surface area (TPSA) is 61.4 Å². The van der Waals surface area contributed by atoms with Gasteiger partial charge in [0.2, 0.25) is 5.95 Å². The number of piperidine rings is 1. The summed E-state index contributed by atoms with van der Waals surface area (Å²) in [7, 11) is 4.01. The molecule has 1 fully saturated rings. The Bertz CT molecular complexity index is 676. The fourth-order valence-electron chi connectivity index (χ4n) is 2.75. The molecule has 3 rings (SSSR count).